The van der Waals surface area contributed by atoms with Gasteiger partial charge in [-0.1, -0.05) is 19.1 Å². The van der Waals surface area contributed by atoms with Crippen molar-refractivity contribution in [3.8, 4) is 5.75 Å². The molecule has 20 heavy (non-hydrogen) atoms. The van der Waals surface area contributed by atoms with Crippen LogP contribution in [0.3, 0.4) is 0 Å². The van der Waals surface area contributed by atoms with Gasteiger partial charge in [0.1, 0.15) is 5.75 Å². The molecule has 1 radical (unpaired) electrons. The summed E-state index contributed by atoms with van der Waals surface area (Å²) in [5, 5.41) is 18.0. The van der Waals surface area contributed by atoms with E-state index in [1.807, 2.05) is 19.1 Å². The smallest absolute Gasteiger partial charge is 0.115 e. The third kappa shape index (κ3) is 9.07. The summed E-state index contributed by atoms with van der Waals surface area (Å²) < 4.78 is 0. The minimum Gasteiger partial charge on any atom is -0.508 e. The second-order valence-corrected chi connectivity index (χ2v) is 5.76. The van der Waals surface area contributed by atoms with Crippen molar-refractivity contribution in [1.82, 2.24) is 0 Å². The number of hydrogen-bond acceptors (Lipinski definition) is 3. The van der Waals surface area contributed by atoms with Crippen LogP contribution in [0, 0.1) is 5.92 Å². The van der Waals surface area contributed by atoms with E-state index in [1.165, 1.54) is 12.8 Å². The Morgan fingerprint density at radius 1 is 1.15 bits per heavy atom. The van der Waals surface area contributed by atoms with Crippen molar-refractivity contribution >= 4 is 0 Å². The number of benzene rings is 1. The summed E-state index contributed by atoms with van der Waals surface area (Å²) in [4.78, 5) is 0. The van der Waals surface area contributed by atoms with E-state index in [9.17, 15) is 0 Å². The normalized spacial score (nSPS) is 23.0. The summed E-state index contributed by atoms with van der Waals surface area (Å²) in [7, 11) is 0. The number of aromatic hydroxyl groups is 1. The van der Waals surface area contributed by atoms with Gasteiger partial charge in [0.2, 0.25) is 0 Å². The molecule has 111 valence electrons. The molecule has 0 amide bonds. The van der Waals surface area contributed by atoms with Crippen LogP contribution in [0.5, 0.6) is 5.75 Å². The van der Waals surface area contributed by atoms with Gasteiger partial charge < -0.3 is 15.9 Å². The van der Waals surface area contributed by atoms with Crippen LogP contribution in [-0.2, 0) is 39.1 Å². The van der Waals surface area contributed by atoms with Crippen LogP contribution in [-0.4, -0.2) is 22.4 Å². The largest absolute Gasteiger partial charge is 0.508 e. The van der Waals surface area contributed by atoms with Gasteiger partial charge in [-0.05, 0) is 62.6 Å². The number of hydrogen-bond donors (Lipinski definition) is 3. The number of phenols is 1. The standard InChI is InChI=1S/C9H13NO.C7H14O.Y/c1-7(10)6-8-2-4-9(11)5-3-8;1-6-2-4-7(8)5-3-6;/h2-5,7,11H,6,10H2,1H3;6-8H,2-5H2,1H3;. The fourth-order valence-corrected chi connectivity index (χ4v) is 2.25. The molecule has 3 nitrogen and oxygen atoms in total. The van der Waals surface area contributed by atoms with Crippen molar-refractivity contribution in [3.63, 3.8) is 0 Å². The van der Waals surface area contributed by atoms with Crippen LogP contribution in [0.1, 0.15) is 45.1 Å². The fourth-order valence-electron chi connectivity index (χ4n) is 2.25. The average Bonchev–Trinajstić information content (AvgIpc) is 2.36. The van der Waals surface area contributed by atoms with Gasteiger partial charge in [0, 0.05) is 38.8 Å². The summed E-state index contributed by atoms with van der Waals surface area (Å²) in [5.41, 5.74) is 6.76. The Labute approximate surface area is 147 Å². The van der Waals surface area contributed by atoms with Crippen molar-refractivity contribution in [2.75, 3.05) is 0 Å². The van der Waals surface area contributed by atoms with E-state index in [0.29, 0.717) is 5.75 Å². The maximum Gasteiger partial charge on any atom is 0.115 e. The third-order valence-corrected chi connectivity index (χ3v) is 3.48. The Kier molecular flexibility index (Phi) is 10.7. The quantitative estimate of drug-likeness (QED) is 0.765. The minimum atomic E-state index is 0. The molecule has 0 saturated heterocycles. The molecule has 4 N–H and O–H groups in total. The van der Waals surface area contributed by atoms with Crippen molar-refractivity contribution in [1.29, 1.82) is 0 Å². The molecule has 0 spiro atoms. The summed E-state index contributed by atoms with van der Waals surface area (Å²) >= 11 is 0. The molecule has 1 aromatic carbocycles. The molecule has 1 aliphatic carbocycles. The van der Waals surface area contributed by atoms with E-state index < -0.39 is 0 Å². The zero-order chi connectivity index (χ0) is 14.3. The van der Waals surface area contributed by atoms with Gasteiger partial charge in [0.15, 0.2) is 0 Å². The monoisotopic (exact) mass is 354 g/mol. The van der Waals surface area contributed by atoms with E-state index in [1.54, 1.807) is 12.1 Å². The summed E-state index contributed by atoms with van der Waals surface area (Å²) in [5.74, 6) is 1.16. The maximum atomic E-state index is 9.03. The van der Waals surface area contributed by atoms with Crippen molar-refractivity contribution in [3.05, 3.63) is 29.8 Å². The van der Waals surface area contributed by atoms with Crippen LogP contribution in [0.2, 0.25) is 0 Å². The van der Waals surface area contributed by atoms with Gasteiger partial charge in [0.05, 0.1) is 6.10 Å². The molecule has 0 aliphatic heterocycles. The SMILES string of the molecule is CC(N)Cc1ccc(O)cc1.CC1CCC(O)CC1.[Y]. The van der Waals surface area contributed by atoms with Crippen molar-refractivity contribution in [2.45, 2.75) is 58.1 Å². The molecule has 4 heteroatoms. The first-order valence-corrected chi connectivity index (χ1v) is 7.19. The molecule has 0 aromatic heterocycles. The van der Waals surface area contributed by atoms with Gasteiger partial charge in [-0.25, -0.2) is 0 Å². The molecule has 2 rings (SSSR count). The van der Waals surface area contributed by atoms with E-state index >= 15 is 0 Å². The van der Waals surface area contributed by atoms with E-state index in [2.05, 4.69) is 6.92 Å². The summed E-state index contributed by atoms with van der Waals surface area (Å²) in [6.07, 6.45) is 5.39. The Morgan fingerprint density at radius 2 is 1.65 bits per heavy atom. The third-order valence-electron chi connectivity index (χ3n) is 3.48. The molecule has 0 bridgehead atoms. The first-order valence-electron chi connectivity index (χ1n) is 7.19. The maximum absolute atomic E-state index is 9.03. The first-order chi connectivity index (χ1) is 8.97. The van der Waals surface area contributed by atoms with Gasteiger partial charge in [-0.3, -0.25) is 0 Å². The van der Waals surface area contributed by atoms with E-state index in [-0.39, 0.29) is 44.9 Å². The van der Waals surface area contributed by atoms with Crippen LogP contribution >= 0.6 is 0 Å². The number of aliphatic hydroxyl groups is 1. The zero-order valence-electron chi connectivity index (χ0n) is 12.6. The minimum absolute atomic E-state index is 0. The Balaban J connectivity index is 0.000000359. The topological polar surface area (TPSA) is 66.5 Å². The molecule has 1 aliphatic rings. The zero-order valence-corrected chi connectivity index (χ0v) is 15.5. The molecule has 1 saturated carbocycles. The molecule has 1 unspecified atom stereocenters. The molecule has 1 fully saturated rings. The van der Waals surface area contributed by atoms with Crippen molar-refractivity contribution < 1.29 is 42.9 Å². The van der Waals surface area contributed by atoms with Gasteiger partial charge >= 0.3 is 0 Å². The van der Waals surface area contributed by atoms with Crippen LogP contribution in [0.25, 0.3) is 0 Å². The summed E-state index contributed by atoms with van der Waals surface area (Å²) in [6, 6.07) is 7.31. The van der Waals surface area contributed by atoms with E-state index in [4.69, 9.17) is 15.9 Å². The first kappa shape index (κ1) is 20.0. The fraction of sp³-hybridized carbons (Fsp3) is 0.625. The Hall–Kier alpha value is 0.0439. The molecular weight excluding hydrogens is 327 g/mol. The average molecular weight is 354 g/mol. The molecule has 1 atom stereocenters. The second kappa shape index (κ2) is 10.7. The Bertz CT molecular complexity index is 336. The predicted octanol–water partition coefficient (Wildman–Crippen LogP) is 2.84. The summed E-state index contributed by atoms with van der Waals surface area (Å²) in [6.45, 7) is 4.22. The van der Waals surface area contributed by atoms with Gasteiger partial charge in [-0.15, -0.1) is 0 Å². The second-order valence-electron chi connectivity index (χ2n) is 5.76. The number of nitrogens with two attached hydrogens (primary N) is 1. The van der Waals surface area contributed by atoms with Gasteiger partial charge in [-0.2, -0.15) is 0 Å². The predicted molar refractivity (Wildman–Crippen MR) is 79.1 cm³/mol. The van der Waals surface area contributed by atoms with Crippen molar-refractivity contribution in [2.24, 2.45) is 11.7 Å². The van der Waals surface area contributed by atoms with Gasteiger partial charge in [0.25, 0.3) is 0 Å². The van der Waals surface area contributed by atoms with Crippen LogP contribution < -0.4 is 5.73 Å². The van der Waals surface area contributed by atoms with Crippen LogP contribution in [0.15, 0.2) is 24.3 Å². The molecular formula is C16H27NO2Y. The Morgan fingerprint density at radius 3 is 2.05 bits per heavy atom. The van der Waals surface area contributed by atoms with E-state index in [0.717, 1.165) is 30.7 Å². The number of aliphatic hydroxyl groups excluding tert-OH is 1. The molecule has 0 heterocycles. The van der Waals surface area contributed by atoms with Crippen LogP contribution in [0.4, 0.5) is 0 Å². The molecule has 1 aromatic rings. The number of phenolic OH excluding ortho intramolecular Hbond substituents is 1. The number of rotatable bonds is 2.